The highest BCUT2D eigenvalue weighted by atomic mass is 79.9. The lowest BCUT2D eigenvalue weighted by molar-refractivity contribution is 0.374. The van der Waals surface area contributed by atoms with E-state index >= 15 is 0 Å². The Balaban J connectivity index is 2.69. The van der Waals surface area contributed by atoms with Gasteiger partial charge in [-0.25, -0.2) is 0 Å². The third kappa shape index (κ3) is 1.61. The van der Waals surface area contributed by atoms with Crippen molar-refractivity contribution in [3.05, 3.63) is 22.8 Å². The highest BCUT2D eigenvalue weighted by Gasteiger charge is 2.18. The molecule has 0 amide bonds. The molecule has 2 rings (SSSR count). The number of nitrogens with zero attached hydrogens (tertiary/aromatic N) is 1. The topological polar surface area (TPSA) is 81.5 Å². The van der Waals surface area contributed by atoms with Crippen LogP contribution in [0.25, 0.3) is 11.1 Å². The minimum absolute atomic E-state index is 0.00762. The van der Waals surface area contributed by atoms with Crippen LogP contribution in [0.2, 0.25) is 0 Å². The molecule has 0 aliphatic carbocycles. The van der Waals surface area contributed by atoms with Crippen LogP contribution in [0.3, 0.4) is 0 Å². The lowest BCUT2D eigenvalue weighted by Crippen LogP contribution is -1.90. The Kier molecular flexibility index (Phi) is 2.74. The van der Waals surface area contributed by atoms with Gasteiger partial charge in [-0.05, 0) is 12.1 Å². The number of rotatable bonds is 2. The van der Waals surface area contributed by atoms with Crippen molar-refractivity contribution in [2.45, 2.75) is 0 Å². The molecule has 1 aromatic carbocycles. The molecule has 2 aromatic rings. The van der Waals surface area contributed by atoms with Crippen molar-refractivity contribution in [1.29, 1.82) is 0 Å². The molecule has 0 aliphatic rings. The summed E-state index contributed by atoms with van der Waals surface area (Å²) in [5.41, 5.74) is 6.62. The molecule has 5 nitrogen and oxygen atoms in total. The Hall–Kier alpha value is -1.69. The van der Waals surface area contributed by atoms with E-state index in [9.17, 15) is 5.11 Å². The van der Waals surface area contributed by atoms with Gasteiger partial charge in [-0.2, -0.15) is 0 Å². The van der Waals surface area contributed by atoms with E-state index in [4.69, 9.17) is 15.0 Å². The van der Waals surface area contributed by atoms with Crippen LogP contribution >= 0.6 is 15.9 Å². The first-order valence-corrected chi connectivity index (χ1v) is 5.20. The van der Waals surface area contributed by atoms with E-state index in [1.54, 1.807) is 12.1 Å². The van der Waals surface area contributed by atoms with Gasteiger partial charge in [-0.1, -0.05) is 21.1 Å². The number of phenols is 1. The first-order chi connectivity index (χ1) is 7.65. The molecule has 6 heteroatoms. The number of phenolic OH excluding ortho intramolecular Hbond substituents is 1. The van der Waals surface area contributed by atoms with Crippen LogP contribution in [0.4, 0.5) is 5.88 Å². The Morgan fingerprint density at radius 3 is 2.81 bits per heavy atom. The molecule has 0 aliphatic heterocycles. The summed E-state index contributed by atoms with van der Waals surface area (Å²) < 4.78 is 10.5. The van der Waals surface area contributed by atoms with Crippen molar-refractivity contribution in [1.82, 2.24) is 5.16 Å². The number of hydrogen-bond donors (Lipinski definition) is 2. The third-order valence-corrected chi connectivity index (χ3v) is 2.84. The highest BCUT2D eigenvalue weighted by Crippen LogP contribution is 2.43. The van der Waals surface area contributed by atoms with E-state index in [1.165, 1.54) is 13.3 Å². The molecule has 0 atom stereocenters. The maximum atomic E-state index is 9.99. The fraction of sp³-hybridized carbons (Fsp3) is 0.100. The lowest BCUT2D eigenvalue weighted by Gasteiger charge is -2.09. The van der Waals surface area contributed by atoms with E-state index in [2.05, 4.69) is 21.1 Å². The first-order valence-electron chi connectivity index (χ1n) is 4.41. The van der Waals surface area contributed by atoms with Crippen LogP contribution in [0, 0.1) is 0 Å². The average molecular weight is 285 g/mol. The van der Waals surface area contributed by atoms with E-state index in [1.807, 2.05) is 0 Å². The summed E-state index contributed by atoms with van der Waals surface area (Å²) in [6, 6.07) is 3.40. The minimum Gasteiger partial charge on any atom is -0.504 e. The molecular weight excluding hydrogens is 276 g/mol. The molecule has 0 saturated heterocycles. The van der Waals surface area contributed by atoms with Gasteiger partial charge in [0.25, 0.3) is 0 Å². The zero-order valence-corrected chi connectivity index (χ0v) is 9.98. The Morgan fingerprint density at radius 1 is 1.50 bits per heavy atom. The summed E-state index contributed by atoms with van der Waals surface area (Å²) >= 11 is 3.33. The van der Waals surface area contributed by atoms with Gasteiger partial charge in [0.2, 0.25) is 5.88 Å². The van der Waals surface area contributed by atoms with Crippen molar-refractivity contribution in [3.63, 3.8) is 0 Å². The number of methoxy groups -OCH3 is 1. The number of aromatic hydroxyl groups is 1. The van der Waals surface area contributed by atoms with Gasteiger partial charge in [0.15, 0.2) is 11.5 Å². The molecular formula is C10H9BrN2O3. The summed E-state index contributed by atoms with van der Waals surface area (Å²) in [7, 11) is 1.48. The van der Waals surface area contributed by atoms with Gasteiger partial charge >= 0.3 is 0 Å². The first kappa shape index (κ1) is 10.8. The molecule has 0 saturated carbocycles. The molecule has 0 bridgehead atoms. The second-order valence-corrected chi connectivity index (χ2v) is 3.93. The molecule has 84 valence electrons. The molecule has 16 heavy (non-hydrogen) atoms. The fourth-order valence-electron chi connectivity index (χ4n) is 1.40. The number of anilines is 1. The zero-order valence-electron chi connectivity index (χ0n) is 8.40. The van der Waals surface area contributed by atoms with Gasteiger partial charge in [0, 0.05) is 10.0 Å². The summed E-state index contributed by atoms with van der Waals surface area (Å²) in [5.74, 6) is 0.495. The number of ether oxygens (including phenoxy) is 1. The number of hydrogen-bond acceptors (Lipinski definition) is 5. The summed E-state index contributed by atoms with van der Waals surface area (Å²) in [4.78, 5) is 0. The number of nitrogens with two attached hydrogens (primary N) is 1. The molecule has 3 N–H and O–H groups in total. The number of halogens is 1. The Bertz CT molecular complexity index is 525. The predicted octanol–water partition coefficient (Wildman–Crippen LogP) is 2.40. The normalized spacial score (nSPS) is 10.4. The van der Waals surface area contributed by atoms with Crippen molar-refractivity contribution >= 4 is 21.8 Å². The van der Waals surface area contributed by atoms with Crippen molar-refractivity contribution in [2.24, 2.45) is 0 Å². The van der Waals surface area contributed by atoms with Crippen LogP contribution in [-0.2, 0) is 0 Å². The smallest absolute Gasteiger partial charge is 0.230 e. The zero-order chi connectivity index (χ0) is 11.7. The number of nitrogen functional groups attached to an aromatic ring is 1. The van der Waals surface area contributed by atoms with Crippen molar-refractivity contribution in [3.8, 4) is 22.6 Å². The number of benzene rings is 1. The Morgan fingerprint density at radius 2 is 2.25 bits per heavy atom. The van der Waals surface area contributed by atoms with E-state index in [0.717, 1.165) is 0 Å². The molecule has 0 unspecified atom stereocenters. The summed E-state index contributed by atoms with van der Waals surface area (Å²) in [5, 5.41) is 13.5. The van der Waals surface area contributed by atoms with Gasteiger partial charge < -0.3 is 20.1 Å². The SMILES string of the molecule is COc1ccc(Br)c(-c2cnoc2N)c1O. The van der Waals surface area contributed by atoms with Gasteiger partial charge in [-0.15, -0.1) is 0 Å². The predicted molar refractivity (Wildman–Crippen MR) is 62.3 cm³/mol. The lowest BCUT2D eigenvalue weighted by atomic mass is 10.1. The van der Waals surface area contributed by atoms with E-state index < -0.39 is 0 Å². The number of aromatic nitrogens is 1. The highest BCUT2D eigenvalue weighted by molar-refractivity contribution is 9.10. The van der Waals surface area contributed by atoms with Crippen LogP contribution in [-0.4, -0.2) is 17.4 Å². The van der Waals surface area contributed by atoms with Gasteiger partial charge in [0.05, 0.1) is 18.9 Å². The minimum atomic E-state index is -0.00762. The van der Waals surface area contributed by atoms with Crippen molar-refractivity contribution in [2.75, 3.05) is 12.8 Å². The summed E-state index contributed by atoms with van der Waals surface area (Å²) in [6.07, 6.45) is 1.44. The molecule has 0 fully saturated rings. The third-order valence-electron chi connectivity index (χ3n) is 2.18. The fourth-order valence-corrected chi connectivity index (χ4v) is 1.94. The molecule has 1 aromatic heterocycles. The van der Waals surface area contributed by atoms with E-state index in [-0.39, 0.29) is 11.6 Å². The van der Waals surface area contributed by atoms with Gasteiger partial charge in [-0.3, -0.25) is 0 Å². The summed E-state index contributed by atoms with van der Waals surface area (Å²) in [6.45, 7) is 0. The molecule has 0 spiro atoms. The van der Waals surface area contributed by atoms with Crippen molar-refractivity contribution < 1.29 is 14.4 Å². The van der Waals surface area contributed by atoms with E-state index in [0.29, 0.717) is 21.3 Å². The second-order valence-electron chi connectivity index (χ2n) is 3.08. The largest absolute Gasteiger partial charge is 0.504 e. The average Bonchev–Trinajstić information content (AvgIpc) is 2.66. The van der Waals surface area contributed by atoms with Crippen LogP contribution in [0.15, 0.2) is 27.3 Å². The molecule has 0 radical (unpaired) electrons. The maximum absolute atomic E-state index is 9.99. The van der Waals surface area contributed by atoms with Crippen LogP contribution in [0.1, 0.15) is 0 Å². The molecule has 1 heterocycles. The quantitative estimate of drug-likeness (QED) is 0.885. The maximum Gasteiger partial charge on any atom is 0.230 e. The Labute approximate surface area is 99.9 Å². The van der Waals surface area contributed by atoms with Crippen LogP contribution in [0.5, 0.6) is 11.5 Å². The second kappa shape index (κ2) is 4.05. The van der Waals surface area contributed by atoms with Gasteiger partial charge in [0.1, 0.15) is 0 Å². The van der Waals surface area contributed by atoms with Crippen LogP contribution < -0.4 is 10.5 Å². The standard InChI is InChI=1S/C10H9BrN2O3/c1-15-7-3-2-6(11)8(9(7)14)5-4-13-16-10(5)12/h2-4,14H,12H2,1H3. The monoisotopic (exact) mass is 284 g/mol.